The van der Waals surface area contributed by atoms with Crippen molar-refractivity contribution in [2.75, 3.05) is 0 Å². The number of ether oxygens (including phenoxy) is 1. The van der Waals surface area contributed by atoms with E-state index >= 15 is 0 Å². The predicted octanol–water partition coefficient (Wildman–Crippen LogP) is 2.86. The molecule has 0 aliphatic rings. The van der Waals surface area contributed by atoms with Crippen molar-refractivity contribution in [1.29, 1.82) is 0 Å². The molecule has 8 heteroatoms. The van der Waals surface area contributed by atoms with Crippen LogP contribution in [0.2, 0.25) is 0 Å². The molecule has 0 fully saturated rings. The molecule has 2 aromatic rings. The monoisotopic (exact) mass is 322 g/mol. The van der Waals surface area contributed by atoms with Crippen LogP contribution in [0.5, 0.6) is 5.75 Å². The molecule has 0 spiro atoms. The van der Waals surface area contributed by atoms with E-state index in [1.807, 2.05) is 0 Å². The third-order valence-electron chi connectivity index (χ3n) is 2.73. The minimum absolute atomic E-state index is 0.174. The lowest BCUT2D eigenvalue weighted by Crippen LogP contribution is -2.21. The van der Waals surface area contributed by atoms with Crippen LogP contribution >= 0.6 is 0 Å². The molecule has 0 aliphatic carbocycles. The zero-order chi connectivity index (χ0) is 16.9. The van der Waals surface area contributed by atoms with Gasteiger partial charge in [-0.2, -0.15) is 5.10 Å². The minimum atomic E-state index is -4.72. The number of alkyl halides is 3. The maximum atomic E-state index is 12.2. The summed E-state index contributed by atoms with van der Waals surface area (Å²) in [4.78, 5) is 0. The second-order valence-electron chi connectivity index (χ2n) is 4.43. The number of nitrogens with zero attached hydrogens (tertiary/aromatic N) is 2. The van der Waals surface area contributed by atoms with Gasteiger partial charge in [-0.1, -0.05) is 36.4 Å². The van der Waals surface area contributed by atoms with Crippen molar-refractivity contribution in [2.24, 2.45) is 21.7 Å². The van der Waals surface area contributed by atoms with E-state index in [1.54, 1.807) is 24.3 Å². The molecule has 0 aliphatic heterocycles. The van der Waals surface area contributed by atoms with Crippen LogP contribution in [0.4, 0.5) is 13.2 Å². The lowest BCUT2D eigenvalue weighted by Gasteiger charge is -2.10. The maximum Gasteiger partial charge on any atom is 0.573 e. The Bertz CT molecular complexity index is 720. The van der Waals surface area contributed by atoms with Crippen LogP contribution in [-0.4, -0.2) is 18.5 Å². The average molecular weight is 322 g/mol. The Morgan fingerprint density at radius 1 is 1.00 bits per heavy atom. The average Bonchev–Trinajstić information content (AvgIpc) is 2.47. The maximum absolute atomic E-state index is 12.2. The van der Waals surface area contributed by atoms with Gasteiger partial charge in [-0.05, 0) is 23.3 Å². The van der Waals surface area contributed by atoms with Gasteiger partial charge < -0.3 is 16.2 Å². The van der Waals surface area contributed by atoms with Gasteiger partial charge in [0.1, 0.15) is 5.75 Å². The first-order valence-corrected chi connectivity index (χ1v) is 6.42. The van der Waals surface area contributed by atoms with Crippen LogP contribution in [-0.2, 0) is 0 Å². The summed E-state index contributed by atoms with van der Waals surface area (Å²) in [6.45, 7) is 0. The third kappa shape index (κ3) is 5.03. The summed E-state index contributed by atoms with van der Waals surface area (Å²) in [5, 5.41) is 7.24. The predicted molar refractivity (Wildman–Crippen MR) is 82.0 cm³/mol. The molecule has 0 amide bonds. The first kappa shape index (κ1) is 16.3. The highest BCUT2D eigenvalue weighted by Gasteiger charge is 2.30. The number of hydrogen-bond donors (Lipinski definition) is 2. The lowest BCUT2D eigenvalue weighted by atomic mass is 10.0. The molecule has 0 bridgehead atoms. The number of guanidine groups is 1. The topological polar surface area (TPSA) is 86.0 Å². The summed E-state index contributed by atoms with van der Waals surface area (Å²) in [6.07, 6.45) is -3.26. The van der Waals surface area contributed by atoms with Crippen molar-refractivity contribution in [3.63, 3.8) is 0 Å². The fraction of sp³-hybridized carbons (Fsp3) is 0.0667. The van der Waals surface area contributed by atoms with Gasteiger partial charge in [-0.3, -0.25) is 0 Å². The van der Waals surface area contributed by atoms with Crippen molar-refractivity contribution in [1.82, 2.24) is 0 Å². The van der Waals surface area contributed by atoms with Crippen LogP contribution in [0, 0.1) is 0 Å². The van der Waals surface area contributed by atoms with Crippen molar-refractivity contribution in [3.8, 4) is 16.9 Å². The Kier molecular flexibility index (Phi) is 4.85. The first-order valence-electron chi connectivity index (χ1n) is 6.42. The van der Waals surface area contributed by atoms with Gasteiger partial charge in [0.15, 0.2) is 0 Å². The SMILES string of the molecule is NC(N)=NN=Cc1ccccc1-c1ccc(OC(F)(F)F)cc1. The van der Waals surface area contributed by atoms with Crippen LogP contribution in [0.1, 0.15) is 5.56 Å². The standard InChI is InChI=1S/C15H13F3N4O/c16-15(17,18)23-12-7-5-10(6-8-12)13-4-2-1-3-11(13)9-21-22-14(19)20/h1-9H,(H4,19,20,22). The molecule has 0 atom stereocenters. The molecular formula is C15H13F3N4O. The summed E-state index contributed by atoms with van der Waals surface area (Å²) in [5.41, 5.74) is 12.5. The fourth-order valence-corrected chi connectivity index (χ4v) is 1.87. The molecule has 0 unspecified atom stereocenters. The summed E-state index contributed by atoms with van der Waals surface area (Å²) in [7, 11) is 0. The van der Waals surface area contributed by atoms with Gasteiger partial charge >= 0.3 is 6.36 Å². The van der Waals surface area contributed by atoms with E-state index < -0.39 is 6.36 Å². The molecule has 5 nitrogen and oxygen atoms in total. The smallest absolute Gasteiger partial charge is 0.406 e. The van der Waals surface area contributed by atoms with Gasteiger partial charge in [0, 0.05) is 5.56 Å². The molecule has 2 rings (SSSR count). The van der Waals surface area contributed by atoms with E-state index in [1.165, 1.54) is 30.5 Å². The van der Waals surface area contributed by atoms with Gasteiger partial charge in [-0.25, -0.2) is 0 Å². The molecule has 0 aromatic heterocycles. The first-order chi connectivity index (χ1) is 10.8. The van der Waals surface area contributed by atoms with Crippen LogP contribution in [0.25, 0.3) is 11.1 Å². The fourth-order valence-electron chi connectivity index (χ4n) is 1.87. The number of benzene rings is 2. The van der Waals surface area contributed by atoms with Crippen molar-refractivity contribution >= 4 is 12.2 Å². The molecule has 4 N–H and O–H groups in total. The Morgan fingerprint density at radius 2 is 1.65 bits per heavy atom. The summed E-state index contributed by atoms with van der Waals surface area (Å²) >= 11 is 0. The van der Waals surface area contributed by atoms with Crippen molar-refractivity contribution in [3.05, 3.63) is 54.1 Å². The minimum Gasteiger partial charge on any atom is -0.406 e. The van der Waals surface area contributed by atoms with Crippen molar-refractivity contribution in [2.45, 2.75) is 6.36 Å². The van der Waals surface area contributed by atoms with E-state index in [2.05, 4.69) is 14.9 Å². The third-order valence-corrected chi connectivity index (χ3v) is 2.73. The lowest BCUT2D eigenvalue weighted by molar-refractivity contribution is -0.274. The second-order valence-corrected chi connectivity index (χ2v) is 4.43. The highest BCUT2D eigenvalue weighted by molar-refractivity contribution is 5.90. The molecular weight excluding hydrogens is 309 g/mol. The summed E-state index contributed by atoms with van der Waals surface area (Å²) < 4.78 is 40.3. The molecule has 0 heterocycles. The molecule has 0 saturated heterocycles. The molecule has 0 radical (unpaired) electrons. The zero-order valence-electron chi connectivity index (χ0n) is 11.8. The highest BCUT2D eigenvalue weighted by Crippen LogP contribution is 2.27. The molecule has 23 heavy (non-hydrogen) atoms. The van der Waals surface area contributed by atoms with Crippen LogP contribution in [0.3, 0.4) is 0 Å². The van der Waals surface area contributed by atoms with Crippen LogP contribution < -0.4 is 16.2 Å². The quantitative estimate of drug-likeness (QED) is 0.515. The Hall–Kier alpha value is -3.03. The number of nitrogens with two attached hydrogens (primary N) is 2. The molecule has 120 valence electrons. The normalized spacial score (nSPS) is 11.4. The number of halogens is 3. The Labute approximate surface area is 130 Å². The van der Waals surface area contributed by atoms with E-state index in [0.29, 0.717) is 11.1 Å². The zero-order valence-corrected chi connectivity index (χ0v) is 11.8. The highest BCUT2D eigenvalue weighted by atomic mass is 19.4. The summed E-state index contributed by atoms with van der Waals surface area (Å²) in [5.74, 6) is -0.458. The van der Waals surface area contributed by atoms with Crippen molar-refractivity contribution < 1.29 is 17.9 Å². The number of hydrogen-bond acceptors (Lipinski definition) is 3. The molecule has 0 saturated carbocycles. The van der Waals surface area contributed by atoms with E-state index in [-0.39, 0.29) is 11.7 Å². The Morgan fingerprint density at radius 3 is 2.26 bits per heavy atom. The van der Waals surface area contributed by atoms with Gasteiger partial charge in [0.05, 0.1) is 6.21 Å². The van der Waals surface area contributed by atoms with E-state index in [4.69, 9.17) is 11.5 Å². The largest absolute Gasteiger partial charge is 0.573 e. The number of rotatable bonds is 4. The van der Waals surface area contributed by atoms with Crippen LogP contribution in [0.15, 0.2) is 58.7 Å². The van der Waals surface area contributed by atoms with Gasteiger partial charge in [0.25, 0.3) is 0 Å². The Balaban J connectivity index is 2.28. The van der Waals surface area contributed by atoms with E-state index in [9.17, 15) is 13.2 Å². The van der Waals surface area contributed by atoms with Gasteiger partial charge in [-0.15, -0.1) is 18.3 Å². The van der Waals surface area contributed by atoms with E-state index in [0.717, 1.165) is 5.56 Å². The second kappa shape index (κ2) is 6.82. The summed E-state index contributed by atoms with van der Waals surface area (Å²) in [6, 6.07) is 12.7. The molecule has 2 aromatic carbocycles. The van der Waals surface area contributed by atoms with Gasteiger partial charge in [0.2, 0.25) is 5.96 Å².